The minimum atomic E-state index is -0.141. The molecule has 248 valence electrons. The fourth-order valence-electron chi connectivity index (χ4n) is 9.80. The summed E-state index contributed by atoms with van der Waals surface area (Å²) >= 11 is 0. The highest BCUT2D eigenvalue weighted by molar-refractivity contribution is 6.95. The molecule has 51 heavy (non-hydrogen) atoms. The third kappa shape index (κ3) is 3.76. The summed E-state index contributed by atoms with van der Waals surface area (Å²) in [5.41, 5.74) is 18.3. The Morgan fingerprint density at radius 2 is 1.35 bits per heavy atom. The van der Waals surface area contributed by atoms with E-state index in [9.17, 15) is 0 Å². The number of aryl methyl sites for hydroxylation is 2. The van der Waals surface area contributed by atoms with Gasteiger partial charge in [-0.3, -0.25) is 0 Å². The Balaban J connectivity index is 1.30. The van der Waals surface area contributed by atoms with Crippen molar-refractivity contribution in [3.05, 3.63) is 125 Å². The molecule has 0 saturated heterocycles. The second kappa shape index (κ2) is 9.67. The first-order valence-corrected chi connectivity index (χ1v) is 18.3. The van der Waals surface area contributed by atoms with Crippen LogP contribution in [0.2, 0.25) is 0 Å². The van der Waals surface area contributed by atoms with Crippen LogP contribution in [0, 0.1) is 13.8 Å². The predicted octanol–water partition coefficient (Wildman–Crippen LogP) is 11.4. The highest BCUT2D eigenvalue weighted by atomic mass is 16.5. The SMILES string of the molecule is Cc1cc2c3c(c1)N(c1cc4c(cc1C)C(C)(C)CCC4(C)C)c1ccc4c(oc5ccccc54)c1B3N1c3ccccc3Oc3cccc-2c31. The molecule has 1 aliphatic carbocycles. The molecule has 0 spiro atoms. The average Bonchev–Trinajstić information content (AvgIpc) is 3.50. The normalized spacial score (nSPS) is 17.0. The zero-order chi connectivity index (χ0) is 34.6. The van der Waals surface area contributed by atoms with Crippen molar-refractivity contribution in [3.63, 3.8) is 0 Å². The number of anilines is 5. The van der Waals surface area contributed by atoms with E-state index >= 15 is 0 Å². The topological polar surface area (TPSA) is 28.9 Å². The number of hydrogen-bond donors (Lipinski definition) is 0. The fraction of sp³-hybridized carbons (Fsp3) is 0.217. The van der Waals surface area contributed by atoms with Crippen molar-refractivity contribution in [2.24, 2.45) is 0 Å². The monoisotopic (exact) mass is 662 g/mol. The molecule has 4 nitrogen and oxygen atoms in total. The van der Waals surface area contributed by atoms with Crippen molar-refractivity contribution >= 4 is 68.1 Å². The lowest BCUT2D eigenvalue weighted by Gasteiger charge is -2.48. The van der Waals surface area contributed by atoms with Crippen LogP contribution in [0.5, 0.6) is 11.5 Å². The molecule has 0 fully saturated rings. The van der Waals surface area contributed by atoms with Gasteiger partial charge in [-0.2, -0.15) is 0 Å². The van der Waals surface area contributed by atoms with E-state index in [1.807, 2.05) is 0 Å². The summed E-state index contributed by atoms with van der Waals surface area (Å²) in [7, 11) is 0. The number of rotatable bonds is 1. The van der Waals surface area contributed by atoms with Crippen LogP contribution in [0.25, 0.3) is 33.1 Å². The summed E-state index contributed by atoms with van der Waals surface area (Å²) in [6, 6.07) is 37.9. The van der Waals surface area contributed by atoms with Gasteiger partial charge in [0.25, 0.3) is 0 Å². The van der Waals surface area contributed by atoms with E-state index in [1.165, 1.54) is 68.5 Å². The first-order valence-electron chi connectivity index (χ1n) is 18.3. The fourth-order valence-corrected chi connectivity index (χ4v) is 9.80. The zero-order valence-corrected chi connectivity index (χ0v) is 30.0. The van der Waals surface area contributed by atoms with Crippen LogP contribution in [-0.4, -0.2) is 6.85 Å². The van der Waals surface area contributed by atoms with E-state index in [1.54, 1.807) is 0 Å². The second-order valence-electron chi connectivity index (χ2n) is 16.5. The lowest BCUT2D eigenvalue weighted by Crippen LogP contribution is -2.62. The lowest BCUT2D eigenvalue weighted by atomic mass is 9.43. The molecule has 11 rings (SSSR count). The summed E-state index contributed by atoms with van der Waals surface area (Å²) in [4.78, 5) is 5.11. The Morgan fingerprint density at radius 1 is 0.608 bits per heavy atom. The van der Waals surface area contributed by atoms with E-state index in [2.05, 4.69) is 154 Å². The molecule has 4 heterocycles. The van der Waals surface area contributed by atoms with E-state index < -0.39 is 0 Å². The van der Waals surface area contributed by atoms with Crippen molar-refractivity contribution in [1.82, 2.24) is 0 Å². The van der Waals surface area contributed by atoms with Crippen molar-refractivity contribution in [1.29, 1.82) is 0 Å². The molecule has 0 bridgehead atoms. The smallest absolute Gasteiger partial charge is 0.337 e. The van der Waals surface area contributed by atoms with Crippen LogP contribution in [0.4, 0.5) is 28.4 Å². The Bertz CT molecular complexity index is 2680. The Morgan fingerprint density at radius 3 is 2.20 bits per heavy atom. The van der Waals surface area contributed by atoms with Gasteiger partial charge in [0.1, 0.15) is 16.9 Å². The molecule has 6 aromatic carbocycles. The van der Waals surface area contributed by atoms with Gasteiger partial charge in [-0.25, -0.2) is 0 Å². The average molecular weight is 663 g/mol. The van der Waals surface area contributed by atoms with Crippen LogP contribution < -0.4 is 25.4 Å². The minimum absolute atomic E-state index is 0.0794. The molecule has 7 aromatic rings. The summed E-state index contributed by atoms with van der Waals surface area (Å²) in [5, 5.41) is 2.29. The van der Waals surface area contributed by atoms with Gasteiger partial charge < -0.3 is 18.9 Å². The van der Waals surface area contributed by atoms with Crippen LogP contribution in [0.1, 0.15) is 62.8 Å². The molecule has 0 radical (unpaired) electrons. The molecule has 4 aliphatic rings. The van der Waals surface area contributed by atoms with Gasteiger partial charge in [-0.1, -0.05) is 82.3 Å². The molecule has 0 N–H and O–H groups in total. The summed E-state index contributed by atoms with van der Waals surface area (Å²) < 4.78 is 13.6. The molecular weight excluding hydrogens is 623 g/mol. The van der Waals surface area contributed by atoms with E-state index in [0.29, 0.717) is 0 Å². The van der Waals surface area contributed by atoms with Crippen molar-refractivity contribution in [3.8, 4) is 22.6 Å². The largest absolute Gasteiger partial charge is 0.456 e. The second-order valence-corrected chi connectivity index (χ2v) is 16.5. The van der Waals surface area contributed by atoms with E-state index in [4.69, 9.17) is 9.15 Å². The lowest BCUT2D eigenvalue weighted by molar-refractivity contribution is 0.332. The van der Waals surface area contributed by atoms with Crippen molar-refractivity contribution in [2.75, 3.05) is 9.71 Å². The van der Waals surface area contributed by atoms with E-state index in [-0.39, 0.29) is 17.7 Å². The molecule has 0 atom stereocenters. The maximum atomic E-state index is 6.98. The van der Waals surface area contributed by atoms with Gasteiger partial charge in [0.15, 0.2) is 5.75 Å². The molecule has 0 amide bonds. The Labute approximate surface area is 299 Å². The molecule has 3 aliphatic heterocycles. The number of hydrogen-bond acceptors (Lipinski definition) is 4. The summed E-state index contributed by atoms with van der Waals surface area (Å²) in [6.45, 7) is 14.1. The zero-order valence-electron chi connectivity index (χ0n) is 30.0. The quantitative estimate of drug-likeness (QED) is 0.164. The minimum Gasteiger partial charge on any atom is -0.456 e. The molecule has 0 unspecified atom stereocenters. The van der Waals surface area contributed by atoms with Gasteiger partial charge in [-0.05, 0) is 119 Å². The van der Waals surface area contributed by atoms with Crippen LogP contribution in [0.15, 0.2) is 108 Å². The molecule has 5 heteroatoms. The van der Waals surface area contributed by atoms with Crippen LogP contribution in [-0.2, 0) is 10.8 Å². The Hall–Kier alpha value is -5.42. The standard InChI is InChI=1S/C46H39BN2O2/c1-26-22-31-29-13-11-17-40-43(29)49(34-14-8-10-16-39(34)50-40)47-41(31)37(23-26)48(35-19-18-30-28-12-7-9-15-38(28)51-44(30)42(35)47)36-25-33-32(24-27(36)2)45(3,4)20-21-46(33,5)6/h7-19,22-25H,20-21H2,1-6H3. The number of ether oxygens (including phenoxy) is 1. The highest BCUT2D eigenvalue weighted by Crippen LogP contribution is 2.56. The number of benzene rings is 6. The first-order chi connectivity index (χ1) is 24.6. The van der Waals surface area contributed by atoms with Crippen LogP contribution >= 0.6 is 0 Å². The van der Waals surface area contributed by atoms with Crippen LogP contribution in [0.3, 0.4) is 0 Å². The third-order valence-electron chi connectivity index (χ3n) is 12.4. The van der Waals surface area contributed by atoms with Crippen molar-refractivity contribution < 1.29 is 9.15 Å². The third-order valence-corrected chi connectivity index (χ3v) is 12.4. The predicted molar refractivity (Wildman–Crippen MR) is 212 cm³/mol. The highest BCUT2D eigenvalue weighted by Gasteiger charge is 2.50. The first kappa shape index (κ1) is 29.3. The summed E-state index contributed by atoms with van der Waals surface area (Å²) in [6.07, 6.45) is 2.36. The maximum Gasteiger partial charge on any atom is 0.337 e. The van der Waals surface area contributed by atoms with Crippen molar-refractivity contribution in [2.45, 2.75) is 65.2 Å². The number of nitrogens with zero attached hydrogens (tertiary/aromatic N) is 2. The van der Waals surface area contributed by atoms with Gasteiger partial charge in [0.05, 0.1) is 11.4 Å². The Kier molecular flexibility index (Phi) is 5.56. The number of para-hydroxylation sites is 4. The van der Waals surface area contributed by atoms with Gasteiger partial charge in [-0.15, -0.1) is 0 Å². The van der Waals surface area contributed by atoms with Gasteiger partial charge >= 0.3 is 6.85 Å². The molecular formula is C46H39BN2O2. The van der Waals surface area contributed by atoms with Gasteiger partial charge in [0, 0.05) is 38.9 Å². The van der Waals surface area contributed by atoms with Gasteiger partial charge in [0.2, 0.25) is 0 Å². The van der Waals surface area contributed by atoms with E-state index in [0.717, 1.165) is 50.5 Å². The molecule has 1 aromatic heterocycles. The number of fused-ring (bicyclic) bond motifs is 11. The summed E-state index contributed by atoms with van der Waals surface area (Å²) in [5.74, 6) is 1.76. The number of furan rings is 1. The maximum absolute atomic E-state index is 6.98. The molecule has 0 saturated carbocycles.